The van der Waals surface area contributed by atoms with Gasteiger partial charge in [-0.05, 0) is 12.5 Å². The maximum absolute atomic E-state index is 12.4. The average Bonchev–Trinajstić information content (AvgIpc) is 2.07. The van der Waals surface area contributed by atoms with E-state index in [1.54, 1.807) is 0 Å². The summed E-state index contributed by atoms with van der Waals surface area (Å²) in [7, 11) is 0. The number of hydrogen-bond acceptors (Lipinski definition) is 2. The van der Waals surface area contributed by atoms with E-state index in [0.717, 1.165) is 0 Å². The molecule has 0 radical (unpaired) electrons. The highest BCUT2D eigenvalue weighted by Crippen LogP contribution is 2.29. The first-order valence-corrected chi connectivity index (χ1v) is 3.84. The van der Waals surface area contributed by atoms with E-state index in [2.05, 4.69) is 4.98 Å². The fourth-order valence-electron chi connectivity index (χ4n) is 0.980. The average molecular weight is 206 g/mol. The Morgan fingerprint density at radius 2 is 2.23 bits per heavy atom. The summed E-state index contributed by atoms with van der Waals surface area (Å²) in [6, 6.07) is 0. The van der Waals surface area contributed by atoms with Gasteiger partial charge in [0.25, 0.3) is 6.43 Å². The van der Waals surface area contributed by atoms with E-state index in [4.69, 9.17) is 11.6 Å². The highest BCUT2D eigenvalue weighted by atomic mass is 35.5. The third kappa shape index (κ3) is 1.83. The van der Waals surface area contributed by atoms with Crippen LogP contribution in [0.15, 0.2) is 6.20 Å². The molecule has 0 atom stereocenters. The smallest absolute Gasteiger partial charge is 0.267 e. The summed E-state index contributed by atoms with van der Waals surface area (Å²) in [5.41, 5.74) is -0.165. The molecule has 0 unspecified atom stereocenters. The monoisotopic (exact) mass is 205 g/mol. The Bertz CT molecular complexity index is 341. The van der Waals surface area contributed by atoms with Gasteiger partial charge in [-0.2, -0.15) is 0 Å². The van der Waals surface area contributed by atoms with Crippen LogP contribution in [0, 0.1) is 6.92 Å². The normalized spacial score (nSPS) is 10.5. The predicted octanol–water partition coefficient (Wildman–Crippen LogP) is 2.79. The molecule has 0 aliphatic carbocycles. The highest BCUT2D eigenvalue weighted by molar-refractivity contribution is 6.30. The SMILES string of the molecule is Cc1cnc(Cl)c(C(F)F)c1C=O. The Balaban J connectivity index is 3.43. The molecule has 0 saturated heterocycles. The van der Waals surface area contributed by atoms with Crippen molar-refractivity contribution in [2.45, 2.75) is 13.3 Å². The molecule has 0 N–H and O–H groups in total. The van der Waals surface area contributed by atoms with Gasteiger partial charge in [0.15, 0.2) is 6.29 Å². The number of hydrogen-bond donors (Lipinski definition) is 0. The predicted molar refractivity (Wildman–Crippen MR) is 44.3 cm³/mol. The van der Waals surface area contributed by atoms with Gasteiger partial charge in [0.1, 0.15) is 5.15 Å². The summed E-state index contributed by atoms with van der Waals surface area (Å²) in [6.45, 7) is 1.53. The lowest BCUT2D eigenvalue weighted by molar-refractivity contribution is 0.110. The molecule has 1 rings (SSSR count). The van der Waals surface area contributed by atoms with E-state index < -0.39 is 12.0 Å². The van der Waals surface area contributed by atoms with Crippen LogP contribution >= 0.6 is 11.6 Å². The van der Waals surface area contributed by atoms with Gasteiger partial charge in [-0.3, -0.25) is 4.79 Å². The van der Waals surface area contributed by atoms with E-state index >= 15 is 0 Å². The number of alkyl halides is 2. The standard InChI is InChI=1S/C8H6ClF2NO/c1-4-2-12-7(9)6(8(10)11)5(4)3-13/h2-3,8H,1H3. The zero-order chi connectivity index (χ0) is 10.0. The van der Waals surface area contributed by atoms with Crippen molar-refractivity contribution >= 4 is 17.9 Å². The summed E-state index contributed by atoms with van der Waals surface area (Å²) >= 11 is 5.43. The van der Waals surface area contributed by atoms with Crippen LogP contribution in [0.2, 0.25) is 5.15 Å². The third-order valence-electron chi connectivity index (χ3n) is 1.64. The van der Waals surface area contributed by atoms with Crippen LogP contribution in [0.5, 0.6) is 0 Å². The second kappa shape index (κ2) is 3.79. The van der Waals surface area contributed by atoms with Crippen LogP contribution in [0.25, 0.3) is 0 Å². The molecule has 0 saturated carbocycles. The number of carbonyl (C=O) groups is 1. The number of pyridine rings is 1. The Labute approximate surface area is 78.5 Å². The maximum Gasteiger partial charge on any atom is 0.267 e. The van der Waals surface area contributed by atoms with Crippen LogP contribution in [0.3, 0.4) is 0 Å². The van der Waals surface area contributed by atoms with Crippen molar-refractivity contribution < 1.29 is 13.6 Å². The van der Waals surface area contributed by atoms with Crippen molar-refractivity contribution in [2.75, 3.05) is 0 Å². The van der Waals surface area contributed by atoms with Crippen LogP contribution in [0.4, 0.5) is 8.78 Å². The van der Waals surface area contributed by atoms with Crippen molar-refractivity contribution in [3.05, 3.63) is 28.0 Å². The topological polar surface area (TPSA) is 30.0 Å². The molecule has 0 amide bonds. The highest BCUT2D eigenvalue weighted by Gasteiger charge is 2.19. The molecule has 0 aliphatic heterocycles. The van der Waals surface area contributed by atoms with Crippen LogP contribution in [-0.2, 0) is 0 Å². The summed E-state index contributed by atoms with van der Waals surface area (Å²) in [5, 5.41) is -0.317. The largest absolute Gasteiger partial charge is 0.298 e. The van der Waals surface area contributed by atoms with Crippen molar-refractivity contribution in [1.82, 2.24) is 4.98 Å². The molecule has 70 valence electrons. The molecule has 13 heavy (non-hydrogen) atoms. The van der Waals surface area contributed by atoms with Gasteiger partial charge >= 0.3 is 0 Å². The van der Waals surface area contributed by atoms with Crippen molar-refractivity contribution in [1.29, 1.82) is 0 Å². The number of aldehydes is 1. The van der Waals surface area contributed by atoms with Gasteiger partial charge in [-0.25, -0.2) is 13.8 Å². The number of nitrogens with zero attached hydrogens (tertiary/aromatic N) is 1. The van der Waals surface area contributed by atoms with Crippen LogP contribution in [0.1, 0.15) is 27.9 Å². The molecule has 1 aromatic heterocycles. The van der Waals surface area contributed by atoms with Crippen LogP contribution in [-0.4, -0.2) is 11.3 Å². The number of carbonyl (C=O) groups excluding carboxylic acids is 1. The summed E-state index contributed by atoms with van der Waals surface area (Å²) in [4.78, 5) is 14.0. The number of rotatable bonds is 2. The zero-order valence-corrected chi connectivity index (χ0v) is 7.48. The lowest BCUT2D eigenvalue weighted by Gasteiger charge is -2.07. The number of halogens is 3. The lowest BCUT2D eigenvalue weighted by Crippen LogP contribution is -1.99. The molecule has 0 bridgehead atoms. The summed E-state index contributed by atoms with van der Waals surface area (Å²) < 4.78 is 24.7. The fraction of sp³-hybridized carbons (Fsp3) is 0.250. The molecule has 0 aliphatic rings. The number of aryl methyl sites for hydroxylation is 1. The third-order valence-corrected chi connectivity index (χ3v) is 1.95. The first-order valence-electron chi connectivity index (χ1n) is 3.46. The van der Waals surface area contributed by atoms with Crippen LogP contribution < -0.4 is 0 Å². The molecule has 0 fully saturated rings. The van der Waals surface area contributed by atoms with Gasteiger partial charge < -0.3 is 0 Å². The Morgan fingerprint density at radius 1 is 1.62 bits per heavy atom. The molecule has 0 aromatic carbocycles. The Hall–Kier alpha value is -1.03. The van der Waals surface area contributed by atoms with E-state index in [-0.39, 0.29) is 10.7 Å². The minimum Gasteiger partial charge on any atom is -0.298 e. The van der Waals surface area contributed by atoms with Crippen molar-refractivity contribution in [3.63, 3.8) is 0 Å². The lowest BCUT2D eigenvalue weighted by atomic mass is 10.1. The molecule has 5 heteroatoms. The molecule has 1 heterocycles. The first kappa shape index (κ1) is 10.1. The van der Waals surface area contributed by atoms with E-state index in [0.29, 0.717) is 11.8 Å². The molecular weight excluding hydrogens is 200 g/mol. The second-order valence-corrected chi connectivity index (χ2v) is 2.84. The van der Waals surface area contributed by atoms with Crippen molar-refractivity contribution in [3.8, 4) is 0 Å². The fourth-order valence-corrected chi connectivity index (χ4v) is 1.21. The number of aromatic nitrogens is 1. The quantitative estimate of drug-likeness (QED) is 0.549. The van der Waals surface area contributed by atoms with Crippen molar-refractivity contribution in [2.24, 2.45) is 0 Å². The second-order valence-electron chi connectivity index (χ2n) is 2.48. The zero-order valence-electron chi connectivity index (χ0n) is 6.72. The van der Waals surface area contributed by atoms with Gasteiger partial charge in [0.05, 0.1) is 5.56 Å². The van der Waals surface area contributed by atoms with E-state index in [1.807, 2.05) is 0 Å². The summed E-state index contributed by atoms with van der Waals surface area (Å²) in [6.07, 6.45) is -1.12. The first-order chi connectivity index (χ1) is 6.07. The Kier molecular flexibility index (Phi) is 2.93. The van der Waals surface area contributed by atoms with Gasteiger partial charge in [-0.1, -0.05) is 11.6 Å². The van der Waals surface area contributed by atoms with Gasteiger partial charge in [0.2, 0.25) is 0 Å². The molecular formula is C8H6ClF2NO. The van der Waals surface area contributed by atoms with Gasteiger partial charge in [0, 0.05) is 11.8 Å². The molecule has 1 aromatic rings. The van der Waals surface area contributed by atoms with E-state index in [9.17, 15) is 13.6 Å². The minimum absolute atomic E-state index is 0.0741. The maximum atomic E-state index is 12.4. The summed E-state index contributed by atoms with van der Waals surface area (Å²) in [5.74, 6) is 0. The Morgan fingerprint density at radius 3 is 2.62 bits per heavy atom. The van der Waals surface area contributed by atoms with Gasteiger partial charge in [-0.15, -0.1) is 0 Å². The van der Waals surface area contributed by atoms with E-state index in [1.165, 1.54) is 13.1 Å². The molecule has 0 spiro atoms. The molecule has 2 nitrogen and oxygen atoms in total. The minimum atomic E-state index is -2.78.